The maximum atomic E-state index is 12.7. The van der Waals surface area contributed by atoms with Crippen LogP contribution in [0.2, 0.25) is 5.02 Å². The second kappa shape index (κ2) is 8.26. The molecule has 1 heterocycles. The van der Waals surface area contributed by atoms with E-state index in [0.717, 1.165) is 11.1 Å². The van der Waals surface area contributed by atoms with Gasteiger partial charge in [-0.05, 0) is 55.3 Å². The molecule has 3 aromatic rings. The third kappa shape index (κ3) is 4.49. The minimum Gasteiger partial charge on any atom is -0.325 e. The maximum absolute atomic E-state index is 12.7. The quantitative estimate of drug-likeness (QED) is 0.638. The summed E-state index contributed by atoms with van der Waals surface area (Å²) in [6.07, 6.45) is 1.60. The van der Waals surface area contributed by atoms with Crippen molar-refractivity contribution in [3.05, 3.63) is 64.8 Å². The van der Waals surface area contributed by atoms with Gasteiger partial charge in [0.05, 0.1) is 21.1 Å². The van der Waals surface area contributed by atoms with Crippen LogP contribution in [0, 0.1) is 13.8 Å². The Morgan fingerprint density at radius 3 is 2.68 bits per heavy atom. The molecule has 3 rings (SSSR count). The van der Waals surface area contributed by atoms with E-state index in [2.05, 4.69) is 15.0 Å². The van der Waals surface area contributed by atoms with Crippen LogP contribution >= 0.6 is 11.6 Å². The Hall–Kier alpha value is -2.48. The minimum absolute atomic E-state index is 0.0223. The van der Waals surface area contributed by atoms with Gasteiger partial charge in [0.25, 0.3) is 0 Å². The third-order valence-corrected chi connectivity index (χ3v) is 6.10. The molecule has 0 atom stereocenters. The number of aryl methyl sites for hydroxylation is 2. The van der Waals surface area contributed by atoms with Crippen molar-refractivity contribution in [3.63, 3.8) is 0 Å². The van der Waals surface area contributed by atoms with Gasteiger partial charge in [-0.2, -0.15) is 0 Å². The van der Waals surface area contributed by atoms with Crippen LogP contribution in [-0.4, -0.2) is 25.9 Å². The predicted octanol–water partition coefficient (Wildman–Crippen LogP) is 3.81. The zero-order chi connectivity index (χ0) is 20.3. The van der Waals surface area contributed by atoms with E-state index in [1.807, 2.05) is 19.9 Å². The van der Waals surface area contributed by atoms with Crippen molar-refractivity contribution in [2.75, 3.05) is 11.9 Å². The Kier molecular flexibility index (Phi) is 5.98. The number of sulfonamides is 1. The van der Waals surface area contributed by atoms with Crippen molar-refractivity contribution < 1.29 is 13.2 Å². The molecule has 28 heavy (non-hydrogen) atoms. The highest BCUT2D eigenvalue weighted by molar-refractivity contribution is 7.89. The summed E-state index contributed by atoms with van der Waals surface area (Å²) in [6, 6.07) is 12.0. The molecule has 0 saturated heterocycles. The van der Waals surface area contributed by atoms with Crippen molar-refractivity contribution in [3.8, 4) is 0 Å². The molecule has 8 heteroatoms. The average Bonchev–Trinajstić information content (AvgIpc) is 2.64. The summed E-state index contributed by atoms with van der Waals surface area (Å²) in [4.78, 5) is 16.5. The molecular weight excluding hydrogens is 398 g/mol. The number of nitrogens with zero attached hydrogens (tertiary/aromatic N) is 1. The topological polar surface area (TPSA) is 88.2 Å². The van der Waals surface area contributed by atoms with Crippen molar-refractivity contribution in [2.24, 2.45) is 0 Å². The number of anilines is 1. The van der Waals surface area contributed by atoms with Gasteiger partial charge in [-0.3, -0.25) is 9.78 Å². The number of amides is 1. The highest BCUT2D eigenvalue weighted by Crippen LogP contribution is 2.24. The van der Waals surface area contributed by atoms with Gasteiger partial charge in [0, 0.05) is 24.5 Å². The summed E-state index contributed by atoms with van der Waals surface area (Å²) < 4.78 is 27.9. The number of rotatable bonds is 6. The van der Waals surface area contributed by atoms with Crippen LogP contribution < -0.4 is 10.0 Å². The number of halogens is 1. The molecule has 2 aromatic carbocycles. The molecular formula is C20H20ClN3O3S. The molecule has 0 aliphatic heterocycles. The molecule has 1 amide bonds. The number of carbonyl (C=O) groups is 1. The number of nitrogens with one attached hydrogen (secondary N) is 2. The van der Waals surface area contributed by atoms with Crippen molar-refractivity contribution >= 4 is 44.1 Å². The highest BCUT2D eigenvalue weighted by atomic mass is 35.5. The van der Waals surface area contributed by atoms with Gasteiger partial charge in [-0.25, -0.2) is 13.1 Å². The second-order valence-corrected chi connectivity index (χ2v) is 8.60. The highest BCUT2D eigenvalue weighted by Gasteiger charge is 2.18. The summed E-state index contributed by atoms with van der Waals surface area (Å²) in [5.41, 5.74) is 3.01. The molecule has 2 N–H and O–H groups in total. The molecule has 0 spiro atoms. The lowest BCUT2D eigenvalue weighted by Crippen LogP contribution is -2.28. The molecule has 0 bridgehead atoms. The summed E-state index contributed by atoms with van der Waals surface area (Å²) >= 11 is 6.10. The van der Waals surface area contributed by atoms with Crippen LogP contribution in [0.4, 0.5) is 5.69 Å². The molecule has 1 aromatic heterocycles. The SMILES string of the molecule is Cc1ccc(NC(=O)CCNS(=O)(=O)c2ccc(C)c3ncccc23)c(Cl)c1. The van der Waals surface area contributed by atoms with E-state index < -0.39 is 10.0 Å². The second-order valence-electron chi connectivity index (χ2n) is 6.46. The van der Waals surface area contributed by atoms with E-state index in [1.54, 1.807) is 42.6 Å². The van der Waals surface area contributed by atoms with E-state index in [9.17, 15) is 13.2 Å². The standard InChI is InChI=1S/C20H20ClN3O3S/c1-13-5-7-17(16(21)12-13)24-19(25)9-11-23-28(26,27)18-8-6-14(2)20-15(18)4-3-10-22-20/h3-8,10,12,23H,9,11H2,1-2H3,(H,24,25). The van der Waals surface area contributed by atoms with Crippen LogP contribution in [0.15, 0.2) is 53.6 Å². The lowest BCUT2D eigenvalue weighted by atomic mass is 10.1. The Bertz CT molecular complexity index is 1150. The summed E-state index contributed by atoms with van der Waals surface area (Å²) in [7, 11) is -3.78. The number of benzene rings is 2. The van der Waals surface area contributed by atoms with Gasteiger partial charge in [-0.1, -0.05) is 23.7 Å². The minimum atomic E-state index is -3.78. The molecule has 0 saturated carbocycles. The van der Waals surface area contributed by atoms with Crippen LogP contribution in [0.3, 0.4) is 0 Å². The third-order valence-electron chi connectivity index (χ3n) is 4.26. The van der Waals surface area contributed by atoms with Crippen molar-refractivity contribution in [2.45, 2.75) is 25.2 Å². The number of fused-ring (bicyclic) bond motifs is 1. The molecule has 0 radical (unpaired) electrons. The molecule has 6 nitrogen and oxygen atoms in total. The van der Waals surface area contributed by atoms with Gasteiger partial charge < -0.3 is 5.32 Å². The molecule has 0 unspecified atom stereocenters. The predicted molar refractivity (Wildman–Crippen MR) is 111 cm³/mol. The van der Waals surface area contributed by atoms with Gasteiger partial charge in [0.15, 0.2) is 0 Å². The summed E-state index contributed by atoms with van der Waals surface area (Å²) in [5.74, 6) is -0.330. The van der Waals surface area contributed by atoms with Crippen molar-refractivity contribution in [1.29, 1.82) is 0 Å². The Balaban J connectivity index is 1.67. The zero-order valence-corrected chi connectivity index (χ0v) is 17.1. The van der Waals surface area contributed by atoms with Crippen LogP contribution in [0.5, 0.6) is 0 Å². The fourth-order valence-electron chi connectivity index (χ4n) is 2.83. The number of carbonyl (C=O) groups excluding carboxylic acids is 1. The molecule has 0 aliphatic rings. The van der Waals surface area contributed by atoms with E-state index in [-0.39, 0.29) is 23.8 Å². The van der Waals surface area contributed by atoms with Crippen LogP contribution in [-0.2, 0) is 14.8 Å². The first kappa shape index (κ1) is 20.3. The average molecular weight is 418 g/mol. The van der Waals surface area contributed by atoms with Gasteiger partial charge in [0.2, 0.25) is 15.9 Å². The first-order valence-corrected chi connectivity index (χ1v) is 10.5. The number of pyridine rings is 1. The Labute approximate surface area is 169 Å². The fourth-order valence-corrected chi connectivity index (χ4v) is 4.34. The summed E-state index contributed by atoms with van der Waals surface area (Å²) in [6.45, 7) is 3.74. The van der Waals surface area contributed by atoms with Crippen LogP contribution in [0.25, 0.3) is 10.9 Å². The summed E-state index contributed by atoms with van der Waals surface area (Å²) in [5, 5.41) is 3.67. The molecule has 146 valence electrons. The van der Waals surface area contributed by atoms with E-state index in [0.29, 0.717) is 21.6 Å². The Morgan fingerprint density at radius 1 is 1.14 bits per heavy atom. The zero-order valence-electron chi connectivity index (χ0n) is 15.5. The normalized spacial score (nSPS) is 11.5. The maximum Gasteiger partial charge on any atom is 0.241 e. The van der Waals surface area contributed by atoms with Gasteiger partial charge >= 0.3 is 0 Å². The van der Waals surface area contributed by atoms with E-state index >= 15 is 0 Å². The smallest absolute Gasteiger partial charge is 0.241 e. The first-order chi connectivity index (χ1) is 13.3. The van der Waals surface area contributed by atoms with Crippen molar-refractivity contribution in [1.82, 2.24) is 9.71 Å². The fraction of sp³-hybridized carbons (Fsp3) is 0.200. The van der Waals surface area contributed by atoms with Gasteiger partial charge in [-0.15, -0.1) is 0 Å². The Morgan fingerprint density at radius 2 is 1.93 bits per heavy atom. The number of hydrogen-bond acceptors (Lipinski definition) is 4. The number of hydrogen-bond donors (Lipinski definition) is 2. The first-order valence-electron chi connectivity index (χ1n) is 8.68. The van der Waals surface area contributed by atoms with E-state index in [4.69, 9.17) is 11.6 Å². The molecule has 0 aliphatic carbocycles. The van der Waals surface area contributed by atoms with E-state index in [1.165, 1.54) is 0 Å². The largest absolute Gasteiger partial charge is 0.325 e. The molecule has 0 fully saturated rings. The number of aromatic nitrogens is 1. The monoisotopic (exact) mass is 417 g/mol. The van der Waals surface area contributed by atoms with Crippen LogP contribution in [0.1, 0.15) is 17.5 Å². The lowest BCUT2D eigenvalue weighted by Gasteiger charge is -2.11. The van der Waals surface area contributed by atoms with Gasteiger partial charge in [0.1, 0.15) is 0 Å². The lowest BCUT2D eigenvalue weighted by molar-refractivity contribution is -0.116.